The van der Waals surface area contributed by atoms with Crippen LogP contribution in [0.3, 0.4) is 0 Å². The molecule has 8 nitrogen and oxygen atoms in total. The van der Waals surface area contributed by atoms with Gasteiger partial charge in [-0.3, -0.25) is 9.59 Å². The number of rotatable bonds is 6. The maximum Gasteiger partial charge on any atom is 0.316 e. The van der Waals surface area contributed by atoms with Gasteiger partial charge in [0.25, 0.3) is 0 Å². The summed E-state index contributed by atoms with van der Waals surface area (Å²) in [6, 6.07) is 7.10. The van der Waals surface area contributed by atoms with E-state index in [4.69, 9.17) is 9.26 Å². The Bertz CT molecular complexity index is 735. The molecule has 132 valence electrons. The Kier molecular flexibility index (Phi) is 5.27. The van der Waals surface area contributed by atoms with Crippen LogP contribution >= 0.6 is 0 Å². The summed E-state index contributed by atoms with van der Waals surface area (Å²) in [5, 5.41) is 9.32. The van der Waals surface area contributed by atoms with E-state index in [2.05, 4.69) is 20.8 Å². The van der Waals surface area contributed by atoms with Crippen molar-refractivity contribution in [1.29, 1.82) is 0 Å². The largest absolute Gasteiger partial charge is 0.485 e. The third-order valence-electron chi connectivity index (χ3n) is 3.90. The fraction of sp³-hybridized carbons (Fsp3) is 0.412. The lowest BCUT2D eigenvalue weighted by Gasteiger charge is -2.08. The molecule has 1 fully saturated rings. The zero-order valence-corrected chi connectivity index (χ0v) is 13.9. The molecule has 1 aliphatic rings. The van der Waals surface area contributed by atoms with Crippen LogP contribution in [0.5, 0.6) is 5.75 Å². The van der Waals surface area contributed by atoms with E-state index < -0.39 is 0 Å². The summed E-state index contributed by atoms with van der Waals surface area (Å²) in [5.41, 5.74) is 0.685. The molecule has 1 saturated carbocycles. The molecule has 1 aromatic heterocycles. The molecule has 25 heavy (non-hydrogen) atoms. The first-order valence-electron chi connectivity index (χ1n) is 8.24. The first-order valence-corrected chi connectivity index (χ1v) is 8.24. The van der Waals surface area contributed by atoms with Crippen molar-refractivity contribution in [3.8, 4) is 5.75 Å². The molecule has 0 radical (unpaired) electrons. The van der Waals surface area contributed by atoms with Gasteiger partial charge in [0.05, 0.1) is 0 Å². The van der Waals surface area contributed by atoms with Crippen LogP contribution < -0.4 is 15.4 Å². The third-order valence-corrected chi connectivity index (χ3v) is 3.90. The molecule has 0 atom stereocenters. The predicted octanol–water partition coefficient (Wildman–Crippen LogP) is 2.28. The van der Waals surface area contributed by atoms with Gasteiger partial charge in [0.15, 0.2) is 6.61 Å². The second-order valence-electron chi connectivity index (χ2n) is 5.96. The van der Waals surface area contributed by atoms with E-state index in [-0.39, 0.29) is 30.4 Å². The lowest BCUT2D eigenvalue weighted by Crippen LogP contribution is -2.32. The summed E-state index contributed by atoms with van der Waals surface area (Å²) in [6.45, 7) is 1.53. The monoisotopic (exact) mass is 344 g/mol. The highest BCUT2D eigenvalue weighted by Gasteiger charge is 2.21. The highest BCUT2D eigenvalue weighted by Crippen LogP contribution is 2.18. The highest BCUT2D eigenvalue weighted by molar-refractivity contribution is 5.89. The van der Waals surface area contributed by atoms with Crippen molar-refractivity contribution in [3.63, 3.8) is 0 Å². The van der Waals surface area contributed by atoms with E-state index in [1.54, 1.807) is 24.3 Å². The number of nitrogens with one attached hydrogen (secondary N) is 2. The van der Waals surface area contributed by atoms with Crippen LogP contribution in [0.2, 0.25) is 0 Å². The lowest BCUT2D eigenvalue weighted by atomic mass is 10.2. The Morgan fingerprint density at radius 2 is 1.96 bits per heavy atom. The van der Waals surface area contributed by atoms with Gasteiger partial charge >= 0.3 is 11.8 Å². The van der Waals surface area contributed by atoms with E-state index in [0.717, 1.165) is 25.7 Å². The van der Waals surface area contributed by atoms with Crippen molar-refractivity contribution in [2.45, 2.75) is 45.3 Å². The molecule has 8 heteroatoms. The maximum absolute atomic E-state index is 12.0. The summed E-state index contributed by atoms with van der Waals surface area (Å²) in [4.78, 5) is 27.1. The van der Waals surface area contributed by atoms with Gasteiger partial charge in [-0.25, -0.2) is 0 Å². The second-order valence-corrected chi connectivity index (χ2v) is 5.96. The number of aromatic nitrogens is 2. The van der Waals surface area contributed by atoms with Gasteiger partial charge < -0.3 is 19.9 Å². The van der Waals surface area contributed by atoms with Crippen molar-refractivity contribution < 1.29 is 18.8 Å². The topological polar surface area (TPSA) is 106 Å². The number of benzene rings is 1. The first-order chi connectivity index (χ1) is 12.1. The minimum atomic E-state index is -0.342. The predicted molar refractivity (Wildman–Crippen MR) is 89.1 cm³/mol. The standard InChI is InChI=1S/C17H20N4O4/c1-11(22)18-13-6-8-14(9-7-13)24-10-15-20-17(25-21-15)16(23)19-12-4-2-3-5-12/h6-9,12H,2-5,10H2,1H3,(H,18,22)(H,19,23). The van der Waals surface area contributed by atoms with Gasteiger partial charge in [0, 0.05) is 18.7 Å². The van der Waals surface area contributed by atoms with Gasteiger partial charge in [-0.2, -0.15) is 4.98 Å². The van der Waals surface area contributed by atoms with E-state index >= 15 is 0 Å². The number of ether oxygens (including phenoxy) is 1. The van der Waals surface area contributed by atoms with E-state index in [0.29, 0.717) is 17.3 Å². The SMILES string of the molecule is CC(=O)Nc1ccc(OCc2noc(C(=O)NC3CCCC3)n2)cc1. The number of amides is 2. The van der Waals surface area contributed by atoms with Crippen molar-refractivity contribution in [2.75, 3.05) is 5.32 Å². The van der Waals surface area contributed by atoms with Crippen molar-refractivity contribution in [2.24, 2.45) is 0 Å². The molecule has 0 spiro atoms. The van der Waals surface area contributed by atoms with Crippen LogP contribution in [0.15, 0.2) is 28.8 Å². The number of hydrogen-bond donors (Lipinski definition) is 2. The van der Waals surface area contributed by atoms with Gasteiger partial charge in [0.1, 0.15) is 5.75 Å². The molecule has 1 heterocycles. The molecule has 2 aromatic rings. The maximum atomic E-state index is 12.0. The fourth-order valence-electron chi connectivity index (χ4n) is 2.71. The minimum absolute atomic E-state index is 0.0495. The quantitative estimate of drug-likeness (QED) is 0.832. The average molecular weight is 344 g/mol. The first kappa shape index (κ1) is 16.9. The highest BCUT2D eigenvalue weighted by atomic mass is 16.5. The van der Waals surface area contributed by atoms with Crippen LogP contribution in [0.25, 0.3) is 0 Å². The fourth-order valence-corrected chi connectivity index (χ4v) is 2.71. The van der Waals surface area contributed by atoms with E-state index in [9.17, 15) is 9.59 Å². The van der Waals surface area contributed by atoms with Gasteiger partial charge in [-0.1, -0.05) is 18.0 Å². The Morgan fingerprint density at radius 1 is 1.24 bits per heavy atom. The van der Waals surface area contributed by atoms with Crippen molar-refractivity contribution in [3.05, 3.63) is 36.0 Å². The molecule has 0 unspecified atom stereocenters. The molecule has 0 bridgehead atoms. The summed E-state index contributed by atoms with van der Waals surface area (Å²) in [7, 11) is 0. The molecule has 1 aliphatic carbocycles. The van der Waals surface area contributed by atoms with Gasteiger partial charge in [-0.05, 0) is 37.1 Å². The Hall–Kier alpha value is -2.90. The van der Waals surface area contributed by atoms with Crippen molar-refractivity contribution in [1.82, 2.24) is 15.5 Å². The Labute approximate surface area is 144 Å². The smallest absolute Gasteiger partial charge is 0.316 e. The third kappa shape index (κ3) is 4.79. The number of hydrogen-bond acceptors (Lipinski definition) is 6. The Balaban J connectivity index is 1.51. The van der Waals surface area contributed by atoms with Crippen LogP contribution in [0, 0.1) is 0 Å². The number of carbonyl (C=O) groups is 2. The second kappa shape index (κ2) is 7.78. The normalized spacial score (nSPS) is 14.3. The van der Waals surface area contributed by atoms with Gasteiger partial charge in [0.2, 0.25) is 11.7 Å². The molecular formula is C17H20N4O4. The van der Waals surface area contributed by atoms with Crippen molar-refractivity contribution >= 4 is 17.5 Å². The molecule has 3 rings (SSSR count). The molecule has 0 aliphatic heterocycles. The molecule has 1 aromatic carbocycles. The molecule has 2 N–H and O–H groups in total. The van der Waals surface area contributed by atoms with Gasteiger partial charge in [-0.15, -0.1) is 0 Å². The zero-order chi connectivity index (χ0) is 17.6. The van der Waals surface area contributed by atoms with E-state index in [1.165, 1.54) is 6.92 Å². The molecule has 0 saturated heterocycles. The van der Waals surface area contributed by atoms with Crippen LogP contribution in [-0.2, 0) is 11.4 Å². The average Bonchev–Trinajstić information content (AvgIpc) is 3.25. The summed E-state index contributed by atoms with van der Waals surface area (Å²) >= 11 is 0. The number of nitrogens with zero attached hydrogens (tertiary/aromatic N) is 2. The summed E-state index contributed by atoms with van der Waals surface area (Å²) < 4.78 is 10.5. The minimum Gasteiger partial charge on any atom is -0.485 e. The van der Waals surface area contributed by atoms with Crippen LogP contribution in [0.1, 0.15) is 49.1 Å². The number of carbonyl (C=O) groups excluding carboxylic acids is 2. The van der Waals surface area contributed by atoms with E-state index in [1.807, 2.05) is 0 Å². The molecule has 2 amide bonds. The zero-order valence-electron chi connectivity index (χ0n) is 13.9. The Morgan fingerprint density at radius 3 is 2.64 bits per heavy atom. The summed E-state index contributed by atoms with van der Waals surface area (Å²) in [5.74, 6) is 0.360. The number of anilines is 1. The van der Waals surface area contributed by atoms with Crippen LogP contribution in [0.4, 0.5) is 5.69 Å². The summed E-state index contributed by atoms with van der Waals surface area (Å²) in [6.07, 6.45) is 4.25. The molecular weight excluding hydrogens is 324 g/mol. The lowest BCUT2D eigenvalue weighted by molar-refractivity contribution is -0.114. The van der Waals surface area contributed by atoms with Crippen LogP contribution in [-0.4, -0.2) is 28.0 Å².